The van der Waals surface area contributed by atoms with Gasteiger partial charge in [0.1, 0.15) is 0 Å². The first-order chi connectivity index (χ1) is 2.84. The highest BCUT2D eigenvalue weighted by molar-refractivity contribution is 5.59. The molecule has 0 heterocycles. The Kier molecular flexibility index (Phi) is 0.665. The van der Waals surface area contributed by atoms with E-state index in [9.17, 15) is 4.79 Å². The molecule has 2 unspecified atom stereocenters. The van der Waals surface area contributed by atoms with Crippen LogP contribution in [-0.2, 0) is 4.79 Å². The van der Waals surface area contributed by atoms with E-state index in [-0.39, 0.29) is 12.0 Å². The third kappa shape index (κ3) is 0.431. The third-order valence-electron chi connectivity index (χ3n) is 0.908. The summed E-state index contributed by atoms with van der Waals surface area (Å²) in [4.78, 5) is 9.49. The molecule has 0 aromatic carbocycles. The maximum atomic E-state index is 9.49. The van der Waals surface area contributed by atoms with Crippen LogP contribution in [0.15, 0.2) is 0 Å². The van der Waals surface area contributed by atoms with Crippen LogP contribution in [0.4, 0.5) is 0 Å². The first-order valence-corrected chi connectivity index (χ1v) is 1.90. The quantitative estimate of drug-likeness (QED) is 0.465. The molecule has 1 aliphatic carbocycles. The summed E-state index contributed by atoms with van der Waals surface area (Å²) in [5.74, 6) is -0.148. The molecule has 2 nitrogen and oxygen atoms in total. The second-order valence-corrected chi connectivity index (χ2v) is 1.53. The molecule has 0 aliphatic heterocycles. The van der Waals surface area contributed by atoms with Gasteiger partial charge in [-0.2, -0.15) is 0 Å². The van der Waals surface area contributed by atoms with Crippen LogP contribution in [0, 0.1) is 5.92 Å². The molecule has 1 saturated carbocycles. The predicted molar refractivity (Wildman–Crippen MR) is 19.8 cm³/mol. The van der Waals surface area contributed by atoms with E-state index in [1.165, 1.54) is 0 Å². The molecule has 33 valence electrons. The normalized spacial score (nSPS) is 42.2. The maximum Gasteiger partial charge on any atom is 0.204 e. The Morgan fingerprint density at radius 1 is 1.83 bits per heavy atom. The number of aliphatic hydroxyl groups excluding tert-OH is 1. The van der Waals surface area contributed by atoms with Crippen molar-refractivity contribution in [3.05, 3.63) is 0 Å². The second kappa shape index (κ2) is 1.05. The molecule has 0 amide bonds. The summed E-state index contributed by atoms with van der Waals surface area (Å²) in [7, 11) is 0. The zero-order chi connectivity index (χ0) is 4.57. The van der Waals surface area contributed by atoms with E-state index >= 15 is 0 Å². The summed E-state index contributed by atoms with van der Waals surface area (Å²) in [5, 5.41) is 8.36. The van der Waals surface area contributed by atoms with Crippen molar-refractivity contribution in [2.24, 2.45) is 5.92 Å². The highest BCUT2D eigenvalue weighted by atomic mass is 16.3. The number of hydrogen-bond acceptors (Lipinski definition) is 2. The Balaban J connectivity index is 2.25. The lowest BCUT2D eigenvalue weighted by atomic mass is 10.5. The van der Waals surface area contributed by atoms with E-state index in [0.29, 0.717) is 6.42 Å². The van der Waals surface area contributed by atoms with E-state index in [2.05, 4.69) is 0 Å². The molecule has 1 radical (unpaired) electrons. The van der Waals surface area contributed by atoms with Crippen molar-refractivity contribution < 1.29 is 9.90 Å². The lowest BCUT2D eigenvalue weighted by molar-refractivity contribution is 0.269. The molecule has 0 aromatic heterocycles. The summed E-state index contributed by atoms with van der Waals surface area (Å²) < 4.78 is 0. The molecular weight excluding hydrogens is 80.0 g/mol. The topological polar surface area (TPSA) is 37.3 Å². The molecule has 2 heteroatoms. The van der Waals surface area contributed by atoms with Gasteiger partial charge in [0, 0.05) is 0 Å². The minimum absolute atomic E-state index is 0.148. The van der Waals surface area contributed by atoms with Gasteiger partial charge in [-0.1, -0.05) is 0 Å². The van der Waals surface area contributed by atoms with Crippen LogP contribution in [0.2, 0.25) is 0 Å². The maximum absolute atomic E-state index is 9.49. The average Bonchev–Trinajstić information content (AvgIpc) is 2.19. The van der Waals surface area contributed by atoms with Gasteiger partial charge in [-0.25, -0.2) is 0 Å². The molecule has 0 aromatic rings. The summed E-state index contributed by atoms with van der Waals surface area (Å²) in [5.41, 5.74) is 0. The van der Waals surface area contributed by atoms with E-state index in [4.69, 9.17) is 5.11 Å². The van der Waals surface area contributed by atoms with E-state index in [0.717, 1.165) is 0 Å². The van der Waals surface area contributed by atoms with Crippen molar-refractivity contribution >= 4 is 6.29 Å². The van der Waals surface area contributed by atoms with Gasteiger partial charge in [0.05, 0.1) is 12.0 Å². The molecule has 1 rings (SSSR count). The first-order valence-electron chi connectivity index (χ1n) is 1.90. The van der Waals surface area contributed by atoms with Crippen LogP contribution >= 0.6 is 0 Å². The van der Waals surface area contributed by atoms with Crippen molar-refractivity contribution in [2.45, 2.75) is 12.5 Å². The first kappa shape index (κ1) is 3.81. The van der Waals surface area contributed by atoms with Gasteiger partial charge in [-0.3, -0.25) is 4.79 Å². The molecule has 6 heavy (non-hydrogen) atoms. The molecule has 0 spiro atoms. The highest BCUT2D eigenvalue weighted by Gasteiger charge is 2.35. The van der Waals surface area contributed by atoms with Crippen LogP contribution in [0.1, 0.15) is 6.42 Å². The van der Waals surface area contributed by atoms with Crippen LogP contribution in [0.5, 0.6) is 0 Å². The van der Waals surface area contributed by atoms with Crippen LogP contribution in [0.3, 0.4) is 0 Å². The number of rotatable bonds is 1. The molecular formula is C4H5O2. The van der Waals surface area contributed by atoms with Crippen LogP contribution in [0.25, 0.3) is 0 Å². The molecule has 0 bridgehead atoms. The average molecular weight is 85.1 g/mol. The van der Waals surface area contributed by atoms with Crippen molar-refractivity contribution in [3.63, 3.8) is 0 Å². The minimum Gasteiger partial charge on any atom is -0.392 e. The zero-order valence-corrected chi connectivity index (χ0v) is 3.22. The van der Waals surface area contributed by atoms with Gasteiger partial charge in [0.25, 0.3) is 0 Å². The highest BCUT2D eigenvalue weighted by Crippen LogP contribution is 2.26. The zero-order valence-electron chi connectivity index (χ0n) is 3.22. The Hall–Kier alpha value is -0.370. The molecule has 0 saturated heterocycles. The van der Waals surface area contributed by atoms with Gasteiger partial charge in [0.2, 0.25) is 6.29 Å². The standard InChI is InChI=1S/C4H5O2/c5-2-3-1-4(3)6/h3-4,6H,1H2. The van der Waals surface area contributed by atoms with E-state index < -0.39 is 0 Å². The lowest BCUT2D eigenvalue weighted by Gasteiger charge is -1.67. The number of hydrogen-bond donors (Lipinski definition) is 1. The number of aliphatic hydroxyl groups is 1. The molecule has 1 N–H and O–H groups in total. The fourth-order valence-electron chi connectivity index (χ4n) is 0.308. The van der Waals surface area contributed by atoms with Crippen molar-refractivity contribution in [2.75, 3.05) is 0 Å². The van der Waals surface area contributed by atoms with Crippen LogP contribution in [-0.4, -0.2) is 17.5 Å². The Morgan fingerprint density at radius 3 is 2.33 bits per heavy atom. The minimum atomic E-state index is -0.359. The summed E-state index contributed by atoms with van der Waals surface area (Å²) in [6.07, 6.45) is 1.96. The fraction of sp³-hybridized carbons (Fsp3) is 0.750. The van der Waals surface area contributed by atoms with Crippen molar-refractivity contribution in [1.29, 1.82) is 0 Å². The summed E-state index contributed by atoms with van der Waals surface area (Å²) >= 11 is 0. The van der Waals surface area contributed by atoms with Gasteiger partial charge >= 0.3 is 0 Å². The van der Waals surface area contributed by atoms with Crippen molar-refractivity contribution in [3.8, 4) is 0 Å². The Bertz CT molecular complexity index is 69.9. The largest absolute Gasteiger partial charge is 0.392 e. The molecule has 1 fully saturated rings. The van der Waals surface area contributed by atoms with Gasteiger partial charge < -0.3 is 5.11 Å². The SMILES string of the molecule is O=[C]C1CC1O. The molecule has 1 aliphatic rings. The Labute approximate surface area is 35.8 Å². The molecule has 2 atom stereocenters. The summed E-state index contributed by atoms with van der Waals surface area (Å²) in [6.45, 7) is 0. The second-order valence-electron chi connectivity index (χ2n) is 1.53. The lowest BCUT2D eigenvalue weighted by Crippen LogP contribution is -1.83. The smallest absolute Gasteiger partial charge is 0.204 e. The van der Waals surface area contributed by atoms with Gasteiger partial charge in [0.15, 0.2) is 0 Å². The van der Waals surface area contributed by atoms with Gasteiger partial charge in [-0.15, -0.1) is 0 Å². The monoisotopic (exact) mass is 85.0 g/mol. The van der Waals surface area contributed by atoms with E-state index in [1.54, 1.807) is 6.29 Å². The third-order valence-corrected chi connectivity index (χ3v) is 0.908. The van der Waals surface area contributed by atoms with Gasteiger partial charge in [-0.05, 0) is 6.42 Å². The fourth-order valence-corrected chi connectivity index (χ4v) is 0.308. The van der Waals surface area contributed by atoms with Crippen LogP contribution < -0.4 is 0 Å². The number of carbonyl (C=O) groups excluding carboxylic acids is 1. The van der Waals surface area contributed by atoms with Crippen molar-refractivity contribution in [1.82, 2.24) is 0 Å². The predicted octanol–water partition coefficient (Wildman–Crippen LogP) is -0.523. The Morgan fingerprint density at radius 2 is 2.33 bits per heavy atom. The van der Waals surface area contributed by atoms with E-state index in [1.807, 2.05) is 0 Å². The summed E-state index contributed by atoms with van der Waals surface area (Å²) in [6, 6.07) is 0.